The van der Waals surface area contributed by atoms with Gasteiger partial charge in [0.1, 0.15) is 17.8 Å². The third-order valence-corrected chi connectivity index (χ3v) is 4.93. The molecule has 0 aliphatic carbocycles. The molecule has 0 spiro atoms. The maximum Gasteiger partial charge on any atom is 0.142 e. The number of hydrogen-bond donors (Lipinski definition) is 2. The Morgan fingerprint density at radius 3 is 2.84 bits per heavy atom. The molecule has 0 saturated carbocycles. The fourth-order valence-electron chi connectivity index (χ4n) is 3.64. The van der Waals surface area contributed by atoms with E-state index in [9.17, 15) is 5.11 Å². The zero-order valence-corrected chi connectivity index (χ0v) is 14.2. The molecule has 130 valence electrons. The summed E-state index contributed by atoms with van der Waals surface area (Å²) < 4.78 is 0. The average molecular weight is 337 g/mol. The predicted octanol–water partition coefficient (Wildman–Crippen LogP) is 2.03. The van der Waals surface area contributed by atoms with E-state index < -0.39 is 0 Å². The number of nitrogens with one attached hydrogen (secondary N) is 1. The number of anilines is 1. The molecule has 1 saturated heterocycles. The molecular weight excluding hydrogens is 314 g/mol. The summed E-state index contributed by atoms with van der Waals surface area (Å²) in [5.74, 6) is 0.980. The first-order valence-corrected chi connectivity index (χ1v) is 8.77. The Morgan fingerprint density at radius 1 is 1.12 bits per heavy atom. The summed E-state index contributed by atoms with van der Waals surface area (Å²) in [7, 11) is 0. The lowest BCUT2D eigenvalue weighted by Gasteiger charge is -2.42. The minimum absolute atomic E-state index is 0.202. The average Bonchev–Trinajstić information content (AvgIpc) is 3.13. The van der Waals surface area contributed by atoms with Crippen molar-refractivity contribution in [1.82, 2.24) is 19.9 Å². The molecule has 1 aromatic carbocycles. The molecule has 1 unspecified atom stereocenters. The van der Waals surface area contributed by atoms with Gasteiger partial charge in [0.05, 0.1) is 5.39 Å². The van der Waals surface area contributed by atoms with E-state index in [4.69, 9.17) is 0 Å². The molecule has 25 heavy (non-hydrogen) atoms. The Kier molecular flexibility index (Phi) is 4.63. The highest BCUT2D eigenvalue weighted by atomic mass is 16.3. The number of H-pyrrole nitrogens is 1. The minimum atomic E-state index is 0.202. The number of nitrogens with zero attached hydrogens (tertiary/aromatic N) is 4. The molecule has 0 amide bonds. The van der Waals surface area contributed by atoms with E-state index in [2.05, 4.69) is 49.0 Å². The van der Waals surface area contributed by atoms with Crippen molar-refractivity contribution in [2.75, 3.05) is 31.1 Å². The monoisotopic (exact) mass is 337 g/mol. The van der Waals surface area contributed by atoms with Crippen LogP contribution in [0.5, 0.6) is 0 Å². The minimum Gasteiger partial charge on any atom is -0.396 e. The van der Waals surface area contributed by atoms with Crippen molar-refractivity contribution in [3.63, 3.8) is 0 Å². The number of aromatic nitrogens is 3. The lowest BCUT2D eigenvalue weighted by atomic mass is 10.1. The van der Waals surface area contributed by atoms with Crippen molar-refractivity contribution < 1.29 is 5.11 Å². The number of aromatic amines is 1. The van der Waals surface area contributed by atoms with Crippen molar-refractivity contribution in [2.45, 2.75) is 19.0 Å². The molecule has 1 aliphatic rings. The molecule has 1 atom stereocenters. The van der Waals surface area contributed by atoms with Crippen LogP contribution in [-0.2, 0) is 6.54 Å². The Hall–Kier alpha value is -2.44. The normalized spacial score (nSPS) is 18.8. The summed E-state index contributed by atoms with van der Waals surface area (Å²) in [5.41, 5.74) is 2.18. The lowest BCUT2D eigenvalue weighted by molar-refractivity contribution is 0.135. The van der Waals surface area contributed by atoms with Crippen molar-refractivity contribution >= 4 is 16.9 Å². The number of hydrogen-bond acceptors (Lipinski definition) is 5. The molecule has 4 rings (SSSR count). The Morgan fingerprint density at radius 2 is 2.00 bits per heavy atom. The van der Waals surface area contributed by atoms with Crippen LogP contribution in [0.15, 0.2) is 48.9 Å². The van der Waals surface area contributed by atoms with Crippen LogP contribution < -0.4 is 4.90 Å². The van der Waals surface area contributed by atoms with E-state index in [1.807, 2.05) is 18.3 Å². The maximum absolute atomic E-state index is 9.52. The number of aliphatic hydroxyl groups is 1. The summed E-state index contributed by atoms with van der Waals surface area (Å²) >= 11 is 0. The number of rotatable bonds is 5. The number of piperazine rings is 1. The van der Waals surface area contributed by atoms with Crippen LogP contribution in [-0.4, -0.2) is 57.2 Å². The van der Waals surface area contributed by atoms with Gasteiger partial charge in [-0.3, -0.25) is 4.90 Å². The third-order valence-electron chi connectivity index (χ3n) is 4.93. The highest BCUT2D eigenvalue weighted by molar-refractivity contribution is 5.87. The molecule has 6 nitrogen and oxygen atoms in total. The van der Waals surface area contributed by atoms with E-state index in [0.717, 1.165) is 49.5 Å². The van der Waals surface area contributed by atoms with E-state index >= 15 is 0 Å². The summed E-state index contributed by atoms with van der Waals surface area (Å²) in [5, 5.41) is 10.6. The van der Waals surface area contributed by atoms with Crippen molar-refractivity contribution in [3.8, 4) is 0 Å². The van der Waals surface area contributed by atoms with Crippen LogP contribution in [0.1, 0.15) is 12.0 Å². The van der Waals surface area contributed by atoms with Gasteiger partial charge in [0.15, 0.2) is 0 Å². The third kappa shape index (κ3) is 3.36. The van der Waals surface area contributed by atoms with Crippen LogP contribution in [0.2, 0.25) is 0 Å². The molecule has 3 aromatic rings. The first-order valence-electron chi connectivity index (χ1n) is 8.77. The zero-order chi connectivity index (χ0) is 17.1. The van der Waals surface area contributed by atoms with Crippen LogP contribution in [0.25, 0.3) is 11.0 Å². The largest absolute Gasteiger partial charge is 0.396 e. The van der Waals surface area contributed by atoms with E-state index in [1.54, 1.807) is 6.33 Å². The van der Waals surface area contributed by atoms with Crippen LogP contribution >= 0.6 is 0 Å². The quantitative estimate of drug-likeness (QED) is 0.746. The fourth-order valence-corrected chi connectivity index (χ4v) is 3.64. The number of aliphatic hydroxyl groups excluding tert-OH is 1. The van der Waals surface area contributed by atoms with Crippen LogP contribution in [0.3, 0.4) is 0 Å². The summed E-state index contributed by atoms with van der Waals surface area (Å²) in [6.07, 6.45) is 4.29. The van der Waals surface area contributed by atoms with Gasteiger partial charge in [0.25, 0.3) is 0 Å². The Balaban J connectivity index is 1.54. The molecule has 0 radical (unpaired) electrons. The summed E-state index contributed by atoms with van der Waals surface area (Å²) in [4.78, 5) is 16.7. The van der Waals surface area contributed by atoms with Gasteiger partial charge in [0.2, 0.25) is 0 Å². The van der Waals surface area contributed by atoms with E-state index in [-0.39, 0.29) is 6.61 Å². The molecule has 2 N–H and O–H groups in total. The predicted molar refractivity (Wildman–Crippen MR) is 98.4 cm³/mol. The number of fused-ring (bicyclic) bond motifs is 1. The highest BCUT2D eigenvalue weighted by Gasteiger charge is 2.28. The fraction of sp³-hybridized carbons (Fsp3) is 0.368. The van der Waals surface area contributed by atoms with Crippen molar-refractivity contribution in [3.05, 3.63) is 54.5 Å². The standard InChI is InChI=1S/C19H23N5O/c25-11-7-16-13-24(19-17-6-8-20-18(17)21-14-22-19)10-9-23(16)12-15-4-2-1-3-5-15/h1-6,8,14,16,25H,7,9-13H2,(H,20,21,22). The van der Waals surface area contributed by atoms with E-state index in [0.29, 0.717) is 6.04 Å². The SMILES string of the molecule is OCCC1CN(c2ncnc3[nH]ccc23)CCN1Cc1ccccc1. The van der Waals surface area contributed by atoms with Gasteiger partial charge in [-0.05, 0) is 18.1 Å². The van der Waals surface area contributed by atoms with Gasteiger partial charge < -0.3 is 15.0 Å². The molecule has 2 aromatic heterocycles. The molecule has 3 heterocycles. The maximum atomic E-state index is 9.52. The Bertz CT molecular complexity index is 819. The second kappa shape index (κ2) is 7.21. The van der Waals surface area contributed by atoms with Gasteiger partial charge in [-0.2, -0.15) is 0 Å². The molecule has 1 aliphatic heterocycles. The smallest absolute Gasteiger partial charge is 0.142 e. The molecule has 1 fully saturated rings. The highest BCUT2D eigenvalue weighted by Crippen LogP contribution is 2.26. The first-order chi connectivity index (χ1) is 12.3. The van der Waals surface area contributed by atoms with Gasteiger partial charge in [-0.1, -0.05) is 30.3 Å². The van der Waals surface area contributed by atoms with E-state index in [1.165, 1.54) is 5.56 Å². The molecular formula is C19H23N5O. The topological polar surface area (TPSA) is 68.3 Å². The molecule has 0 bridgehead atoms. The van der Waals surface area contributed by atoms with Crippen molar-refractivity contribution in [2.24, 2.45) is 0 Å². The first kappa shape index (κ1) is 16.1. The molecule has 6 heteroatoms. The van der Waals surface area contributed by atoms with Gasteiger partial charge in [0, 0.05) is 45.0 Å². The van der Waals surface area contributed by atoms with Gasteiger partial charge in [-0.15, -0.1) is 0 Å². The lowest BCUT2D eigenvalue weighted by Crippen LogP contribution is -2.53. The zero-order valence-electron chi connectivity index (χ0n) is 14.2. The summed E-state index contributed by atoms with van der Waals surface area (Å²) in [6.45, 7) is 3.86. The van der Waals surface area contributed by atoms with Crippen LogP contribution in [0, 0.1) is 0 Å². The Labute approximate surface area is 147 Å². The second-order valence-electron chi connectivity index (χ2n) is 6.51. The second-order valence-corrected chi connectivity index (χ2v) is 6.51. The number of benzene rings is 1. The van der Waals surface area contributed by atoms with Crippen LogP contribution in [0.4, 0.5) is 5.82 Å². The van der Waals surface area contributed by atoms with Gasteiger partial charge >= 0.3 is 0 Å². The summed E-state index contributed by atoms with van der Waals surface area (Å²) in [6, 6.07) is 12.9. The van der Waals surface area contributed by atoms with Gasteiger partial charge in [-0.25, -0.2) is 9.97 Å². The van der Waals surface area contributed by atoms with Crippen molar-refractivity contribution in [1.29, 1.82) is 0 Å².